The van der Waals surface area contributed by atoms with E-state index in [1.54, 1.807) is 6.20 Å². The Kier molecular flexibility index (Phi) is 6.27. The molecule has 4 aromatic rings. The zero-order valence-corrected chi connectivity index (χ0v) is 19.8. The molecule has 0 aliphatic carbocycles. The molecule has 6 nitrogen and oxygen atoms in total. The molecule has 1 amide bonds. The Balaban J connectivity index is 1.37. The fourth-order valence-corrected chi connectivity index (χ4v) is 5.05. The Hall–Kier alpha value is -3.71. The van der Waals surface area contributed by atoms with E-state index in [0.717, 1.165) is 34.4 Å². The van der Waals surface area contributed by atoms with Crippen molar-refractivity contribution in [2.75, 3.05) is 11.9 Å². The summed E-state index contributed by atoms with van der Waals surface area (Å²) in [7, 11) is 0. The van der Waals surface area contributed by atoms with Gasteiger partial charge in [0, 0.05) is 48.7 Å². The third kappa shape index (κ3) is 4.26. The SMILES string of the molecule is CCn1cccc1[C@@H]1[C@@H](c2ccccn2)NC(=S)N1CCC(=O)Nc1cccc2ccccc12. The molecule has 3 heterocycles. The molecule has 2 N–H and O–H groups in total. The van der Waals surface area contributed by atoms with Crippen LogP contribution in [0.15, 0.2) is 85.2 Å². The lowest BCUT2D eigenvalue weighted by Crippen LogP contribution is -2.33. The molecule has 2 aromatic carbocycles. The summed E-state index contributed by atoms with van der Waals surface area (Å²) in [6.07, 6.45) is 4.21. The molecule has 0 unspecified atom stereocenters. The van der Waals surface area contributed by atoms with Crippen molar-refractivity contribution in [1.29, 1.82) is 0 Å². The summed E-state index contributed by atoms with van der Waals surface area (Å²) in [4.78, 5) is 19.7. The van der Waals surface area contributed by atoms with Crippen LogP contribution < -0.4 is 10.6 Å². The topological polar surface area (TPSA) is 62.2 Å². The number of thiocarbonyl (C=S) groups is 1. The van der Waals surface area contributed by atoms with Gasteiger partial charge in [-0.1, -0.05) is 42.5 Å². The minimum Gasteiger partial charge on any atom is -0.352 e. The van der Waals surface area contributed by atoms with Gasteiger partial charge in [0.15, 0.2) is 5.11 Å². The Morgan fingerprint density at radius 2 is 1.88 bits per heavy atom. The van der Waals surface area contributed by atoms with Crippen LogP contribution in [-0.2, 0) is 11.3 Å². The summed E-state index contributed by atoms with van der Waals surface area (Å²) >= 11 is 5.74. The number of pyridine rings is 1. The van der Waals surface area contributed by atoms with Crippen molar-refractivity contribution in [2.24, 2.45) is 0 Å². The van der Waals surface area contributed by atoms with Gasteiger partial charge in [0.05, 0.1) is 17.8 Å². The maximum Gasteiger partial charge on any atom is 0.226 e. The lowest BCUT2D eigenvalue weighted by Gasteiger charge is -2.28. The molecule has 0 radical (unpaired) electrons. The van der Waals surface area contributed by atoms with Crippen molar-refractivity contribution in [3.63, 3.8) is 0 Å². The van der Waals surface area contributed by atoms with Crippen LogP contribution in [0, 0.1) is 0 Å². The highest BCUT2D eigenvalue weighted by Crippen LogP contribution is 2.38. The van der Waals surface area contributed by atoms with Gasteiger partial charge in [0.2, 0.25) is 5.91 Å². The number of carbonyl (C=O) groups excluding carboxylic acids is 1. The first-order valence-corrected chi connectivity index (χ1v) is 12.0. The van der Waals surface area contributed by atoms with Crippen LogP contribution in [0.2, 0.25) is 0 Å². The van der Waals surface area contributed by atoms with Gasteiger partial charge >= 0.3 is 0 Å². The molecule has 2 atom stereocenters. The van der Waals surface area contributed by atoms with E-state index in [1.807, 2.05) is 60.7 Å². The van der Waals surface area contributed by atoms with E-state index >= 15 is 0 Å². The number of nitrogens with one attached hydrogen (secondary N) is 2. The number of amides is 1. The number of aryl methyl sites for hydroxylation is 1. The second kappa shape index (κ2) is 9.65. The third-order valence-corrected chi connectivity index (χ3v) is 6.70. The van der Waals surface area contributed by atoms with Gasteiger partial charge < -0.3 is 20.1 Å². The van der Waals surface area contributed by atoms with Crippen molar-refractivity contribution in [3.05, 3.63) is 96.6 Å². The van der Waals surface area contributed by atoms with Crippen LogP contribution in [0.5, 0.6) is 0 Å². The number of fused-ring (bicyclic) bond motifs is 1. The molecule has 7 heteroatoms. The molecule has 0 bridgehead atoms. The van der Waals surface area contributed by atoms with Crippen LogP contribution in [0.1, 0.15) is 36.8 Å². The van der Waals surface area contributed by atoms with E-state index in [9.17, 15) is 4.79 Å². The average Bonchev–Trinajstić information content (AvgIpc) is 3.47. The number of hydrogen-bond acceptors (Lipinski definition) is 3. The standard InChI is InChI=1S/C27H27N5OS/c1-2-31-17-8-14-23(31)26-25(22-12-5-6-16-28-22)30-27(34)32(26)18-15-24(33)29-21-13-7-10-19-9-3-4-11-20(19)21/h3-14,16-17,25-26H,2,15,18H2,1H3,(H,29,33)(H,30,34)/t25-,26-/m1/s1. The third-order valence-electron chi connectivity index (χ3n) is 6.35. The molecule has 0 spiro atoms. The van der Waals surface area contributed by atoms with Gasteiger partial charge in [0.1, 0.15) is 0 Å². The summed E-state index contributed by atoms with van der Waals surface area (Å²) in [5, 5.41) is 9.32. The summed E-state index contributed by atoms with van der Waals surface area (Å²) in [6.45, 7) is 3.49. The Bertz CT molecular complexity index is 1310. The van der Waals surface area contributed by atoms with Gasteiger partial charge in [-0.3, -0.25) is 9.78 Å². The van der Waals surface area contributed by atoms with E-state index in [4.69, 9.17) is 12.2 Å². The molecule has 5 rings (SSSR count). The highest BCUT2D eigenvalue weighted by molar-refractivity contribution is 7.80. The molecule has 1 saturated heterocycles. The Labute approximate surface area is 204 Å². The quantitative estimate of drug-likeness (QED) is 0.371. The molecular weight excluding hydrogens is 442 g/mol. The maximum absolute atomic E-state index is 13.0. The monoisotopic (exact) mass is 469 g/mol. The summed E-state index contributed by atoms with van der Waals surface area (Å²) < 4.78 is 2.22. The van der Waals surface area contributed by atoms with Gasteiger partial charge in [0.25, 0.3) is 0 Å². The van der Waals surface area contributed by atoms with Crippen LogP contribution in [-0.4, -0.2) is 32.0 Å². The van der Waals surface area contributed by atoms with Crippen molar-refractivity contribution in [3.8, 4) is 0 Å². The van der Waals surface area contributed by atoms with Crippen LogP contribution in [0.4, 0.5) is 5.69 Å². The van der Waals surface area contributed by atoms with Gasteiger partial charge in [-0.15, -0.1) is 0 Å². The molecule has 2 aromatic heterocycles. The number of anilines is 1. The highest BCUT2D eigenvalue weighted by Gasteiger charge is 2.40. The van der Waals surface area contributed by atoms with E-state index in [2.05, 4.69) is 50.3 Å². The van der Waals surface area contributed by atoms with E-state index in [-0.39, 0.29) is 18.0 Å². The zero-order valence-electron chi connectivity index (χ0n) is 19.0. The second-order valence-electron chi connectivity index (χ2n) is 8.36. The number of nitrogens with zero attached hydrogens (tertiary/aromatic N) is 3. The lowest BCUT2D eigenvalue weighted by atomic mass is 10.0. The lowest BCUT2D eigenvalue weighted by molar-refractivity contribution is -0.116. The van der Waals surface area contributed by atoms with E-state index < -0.39 is 0 Å². The molecule has 34 heavy (non-hydrogen) atoms. The maximum atomic E-state index is 13.0. The first-order valence-electron chi connectivity index (χ1n) is 11.6. The number of aromatic nitrogens is 2. The summed E-state index contributed by atoms with van der Waals surface area (Å²) in [5.74, 6) is -0.0370. The fourth-order valence-electron chi connectivity index (χ4n) is 4.72. The highest BCUT2D eigenvalue weighted by atomic mass is 32.1. The molecule has 0 saturated carbocycles. The van der Waals surface area contributed by atoms with E-state index in [1.165, 1.54) is 0 Å². The van der Waals surface area contributed by atoms with Crippen molar-refractivity contribution >= 4 is 39.7 Å². The number of hydrogen-bond donors (Lipinski definition) is 2. The predicted octanol–water partition coefficient (Wildman–Crippen LogP) is 5.06. The summed E-state index contributed by atoms with van der Waals surface area (Å²) in [5.41, 5.74) is 2.91. The largest absolute Gasteiger partial charge is 0.352 e. The van der Waals surface area contributed by atoms with Crippen LogP contribution in [0.3, 0.4) is 0 Å². The Morgan fingerprint density at radius 1 is 1.06 bits per heavy atom. The molecule has 1 aliphatic rings. The van der Waals surface area contributed by atoms with Crippen molar-refractivity contribution in [2.45, 2.75) is 32.0 Å². The van der Waals surface area contributed by atoms with Gasteiger partial charge in [-0.2, -0.15) is 0 Å². The first kappa shape index (κ1) is 22.1. The van der Waals surface area contributed by atoms with Gasteiger partial charge in [-0.05, 0) is 54.9 Å². The van der Waals surface area contributed by atoms with Gasteiger partial charge in [-0.25, -0.2) is 0 Å². The predicted molar refractivity (Wildman–Crippen MR) is 139 cm³/mol. The summed E-state index contributed by atoms with van der Waals surface area (Å²) in [6, 6.07) is 24.0. The number of rotatable bonds is 7. The number of carbonyl (C=O) groups is 1. The average molecular weight is 470 g/mol. The van der Waals surface area contributed by atoms with Crippen LogP contribution >= 0.6 is 12.2 Å². The number of benzene rings is 2. The van der Waals surface area contributed by atoms with E-state index in [0.29, 0.717) is 18.1 Å². The zero-order chi connectivity index (χ0) is 23.5. The molecular formula is C27H27N5OS. The molecule has 1 fully saturated rings. The van der Waals surface area contributed by atoms with Crippen molar-refractivity contribution < 1.29 is 4.79 Å². The van der Waals surface area contributed by atoms with Crippen molar-refractivity contribution in [1.82, 2.24) is 19.8 Å². The minimum absolute atomic E-state index is 0.0370. The van der Waals surface area contributed by atoms with Crippen LogP contribution in [0.25, 0.3) is 10.8 Å². The molecule has 1 aliphatic heterocycles. The molecule has 172 valence electrons. The smallest absolute Gasteiger partial charge is 0.226 e. The normalized spacial score (nSPS) is 17.7. The fraction of sp³-hybridized carbons (Fsp3) is 0.222. The first-order chi connectivity index (χ1) is 16.7. The second-order valence-corrected chi connectivity index (χ2v) is 8.75. The minimum atomic E-state index is -0.0879. The Morgan fingerprint density at radius 3 is 2.71 bits per heavy atom.